The van der Waals surface area contributed by atoms with Crippen LogP contribution in [0.2, 0.25) is 5.02 Å². The van der Waals surface area contributed by atoms with E-state index >= 15 is 0 Å². The van der Waals surface area contributed by atoms with E-state index < -0.39 is 0 Å². The third-order valence-corrected chi connectivity index (χ3v) is 5.31. The van der Waals surface area contributed by atoms with Crippen LogP contribution < -0.4 is 10.6 Å². The Bertz CT molecular complexity index is 589. The van der Waals surface area contributed by atoms with Gasteiger partial charge in [0.15, 0.2) is 0 Å². The topological polar surface area (TPSA) is 44.4 Å². The van der Waals surface area contributed by atoms with E-state index in [9.17, 15) is 4.79 Å². The van der Waals surface area contributed by atoms with Crippen LogP contribution in [-0.4, -0.2) is 36.0 Å². The van der Waals surface area contributed by atoms with Crippen LogP contribution in [0, 0.1) is 0 Å². The van der Waals surface area contributed by atoms with Gasteiger partial charge in [-0.1, -0.05) is 11.6 Å². The number of nitrogens with one attached hydrogen (secondary N) is 2. The lowest BCUT2D eigenvalue weighted by Gasteiger charge is -2.35. The summed E-state index contributed by atoms with van der Waals surface area (Å²) in [6.45, 7) is 2.45. The summed E-state index contributed by atoms with van der Waals surface area (Å²) >= 11 is 6.36. The van der Waals surface area contributed by atoms with Crippen molar-refractivity contribution in [2.24, 2.45) is 0 Å². The number of piperidine rings is 1. The van der Waals surface area contributed by atoms with Crippen molar-refractivity contribution >= 4 is 28.9 Å². The number of fused-ring (bicyclic) bond motifs is 2. The number of hydrogen-bond donors (Lipinski definition) is 2. The van der Waals surface area contributed by atoms with E-state index in [1.54, 1.807) is 0 Å². The van der Waals surface area contributed by atoms with Crippen LogP contribution in [0.25, 0.3) is 0 Å². The smallest absolute Gasteiger partial charge is 0.228 e. The van der Waals surface area contributed by atoms with Crippen molar-refractivity contribution in [1.82, 2.24) is 4.90 Å². The first-order valence-electron chi connectivity index (χ1n) is 7.82. The number of hydrogen-bond acceptors (Lipinski definition) is 3. The first kappa shape index (κ1) is 13.4. The van der Waals surface area contributed by atoms with Gasteiger partial charge in [0.2, 0.25) is 5.91 Å². The van der Waals surface area contributed by atoms with Crippen molar-refractivity contribution in [3.8, 4) is 0 Å². The van der Waals surface area contributed by atoms with E-state index in [0.29, 0.717) is 17.5 Å². The molecule has 4 nitrogen and oxygen atoms in total. The zero-order chi connectivity index (χ0) is 14.4. The van der Waals surface area contributed by atoms with Gasteiger partial charge in [0.1, 0.15) is 0 Å². The quantitative estimate of drug-likeness (QED) is 0.883. The maximum atomic E-state index is 11.5. The molecule has 2 saturated heterocycles. The Morgan fingerprint density at radius 3 is 3.10 bits per heavy atom. The molecule has 0 radical (unpaired) electrons. The van der Waals surface area contributed by atoms with Crippen molar-refractivity contribution in [2.45, 2.75) is 44.2 Å². The Morgan fingerprint density at radius 2 is 2.19 bits per heavy atom. The average Bonchev–Trinajstić information content (AvgIpc) is 3.04. The molecule has 3 heterocycles. The fourth-order valence-electron chi connectivity index (χ4n) is 3.93. The summed E-state index contributed by atoms with van der Waals surface area (Å²) < 4.78 is 0. The monoisotopic (exact) mass is 305 g/mol. The Morgan fingerprint density at radius 1 is 1.29 bits per heavy atom. The molecule has 4 rings (SSSR count). The van der Waals surface area contributed by atoms with Crippen molar-refractivity contribution in [2.75, 3.05) is 23.7 Å². The lowest BCUT2D eigenvalue weighted by Crippen LogP contribution is -2.42. The Hall–Kier alpha value is -1.26. The van der Waals surface area contributed by atoms with E-state index in [-0.39, 0.29) is 5.91 Å². The molecule has 3 aliphatic rings. The minimum Gasteiger partial charge on any atom is -0.381 e. The van der Waals surface area contributed by atoms with Gasteiger partial charge in [0.25, 0.3) is 0 Å². The molecule has 2 unspecified atom stereocenters. The maximum Gasteiger partial charge on any atom is 0.228 e. The van der Waals surface area contributed by atoms with Gasteiger partial charge in [-0.15, -0.1) is 0 Å². The molecule has 3 aliphatic heterocycles. The van der Waals surface area contributed by atoms with E-state index in [1.807, 2.05) is 12.1 Å². The number of nitrogens with zero attached hydrogens (tertiary/aromatic N) is 1. The SMILES string of the molecule is O=C1Cc2cc(NC3CCN4CCCC4C3)c(Cl)cc2N1. The molecule has 2 N–H and O–H groups in total. The van der Waals surface area contributed by atoms with Gasteiger partial charge in [-0.2, -0.15) is 0 Å². The highest BCUT2D eigenvalue weighted by Gasteiger charge is 2.32. The highest BCUT2D eigenvalue weighted by molar-refractivity contribution is 6.33. The van der Waals surface area contributed by atoms with Gasteiger partial charge in [-0.3, -0.25) is 4.79 Å². The van der Waals surface area contributed by atoms with Crippen LogP contribution in [0.1, 0.15) is 31.2 Å². The predicted octanol–water partition coefficient (Wildman–Crippen LogP) is 2.87. The van der Waals surface area contributed by atoms with E-state index in [4.69, 9.17) is 11.6 Å². The molecule has 0 bridgehead atoms. The fourth-order valence-corrected chi connectivity index (χ4v) is 4.15. The predicted molar refractivity (Wildman–Crippen MR) is 85.0 cm³/mol. The number of halogens is 1. The van der Waals surface area contributed by atoms with Gasteiger partial charge in [0.05, 0.1) is 17.1 Å². The minimum absolute atomic E-state index is 0.0532. The third kappa shape index (κ3) is 2.51. The van der Waals surface area contributed by atoms with Crippen LogP contribution in [0.5, 0.6) is 0 Å². The summed E-state index contributed by atoms with van der Waals surface area (Å²) in [6.07, 6.45) is 5.49. The molecule has 5 heteroatoms. The summed E-state index contributed by atoms with van der Waals surface area (Å²) in [5.41, 5.74) is 2.88. The van der Waals surface area contributed by atoms with Gasteiger partial charge in [0, 0.05) is 24.3 Å². The van der Waals surface area contributed by atoms with Crippen LogP contribution in [0.3, 0.4) is 0 Å². The largest absolute Gasteiger partial charge is 0.381 e. The third-order valence-electron chi connectivity index (χ3n) is 5.00. The Labute approximate surface area is 129 Å². The number of benzene rings is 1. The van der Waals surface area contributed by atoms with E-state index in [2.05, 4.69) is 15.5 Å². The first-order valence-corrected chi connectivity index (χ1v) is 8.20. The fraction of sp³-hybridized carbons (Fsp3) is 0.562. The zero-order valence-electron chi connectivity index (χ0n) is 12.0. The standard InChI is InChI=1S/C16H20ClN3O/c17-13-9-14-10(7-16(21)19-14)6-15(13)18-11-3-5-20-4-1-2-12(20)8-11/h6,9,11-12,18H,1-5,7-8H2,(H,19,21). The van der Waals surface area contributed by atoms with Crippen LogP contribution in [0.15, 0.2) is 12.1 Å². The van der Waals surface area contributed by atoms with Gasteiger partial charge >= 0.3 is 0 Å². The number of carbonyl (C=O) groups is 1. The molecule has 112 valence electrons. The van der Waals surface area contributed by atoms with Gasteiger partial charge in [-0.25, -0.2) is 0 Å². The highest BCUT2D eigenvalue weighted by Crippen LogP contribution is 2.35. The number of amides is 1. The molecule has 1 amide bonds. The summed E-state index contributed by atoms with van der Waals surface area (Å²) in [4.78, 5) is 14.1. The molecule has 0 saturated carbocycles. The summed E-state index contributed by atoms with van der Waals surface area (Å²) in [5, 5.41) is 7.15. The second kappa shape index (κ2) is 5.18. The number of anilines is 2. The second-order valence-corrected chi connectivity index (χ2v) is 6.82. The maximum absolute atomic E-state index is 11.5. The Balaban J connectivity index is 1.50. The summed E-state index contributed by atoms with van der Waals surface area (Å²) in [6, 6.07) is 5.14. The second-order valence-electron chi connectivity index (χ2n) is 6.41. The minimum atomic E-state index is 0.0532. The van der Waals surface area contributed by atoms with Crippen molar-refractivity contribution in [1.29, 1.82) is 0 Å². The van der Waals surface area contributed by atoms with E-state index in [1.165, 1.54) is 38.8 Å². The van der Waals surface area contributed by atoms with Crippen LogP contribution >= 0.6 is 11.6 Å². The molecule has 0 spiro atoms. The highest BCUT2D eigenvalue weighted by atomic mass is 35.5. The summed E-state index contributed by atoms with van der Waals surface area (Å²) in [7, 11) is 0. The van der Waals surface area contributed by atoms with Gasteiger partial charge in [-0.05, 0) is 49.9 Å². The van der Waals surface area contributed by atoms with Crippen molar-refractivity contribution in [3.63, 3.8) is 0 Å². The number of carbonyl (C=O) groups excluding carboxylic acids is 1. The molecule has 21 heavy (non-hydrogen) atoms. The molecular formula is C16H20ClN3O. The van der Waals surface area contributed by atoms with Crippen molar-refractivity contribution in [3.05, 3.63) is 22.7 Å². The Kier molecular flexibility index (Phi) is 3.31. The number of rotatable bonds is 2. The zero-order valence-corrected chi connectivity index (χ0v) is 12.7. The molecule has 0 aliphatic carbocycles. The molecule has 0 aromatic heterocycles. The van der Waals surface area contributed by atoms with Crippen LogP contribution in [0.4, 0.5) is 11.4 Å². The molecule has 1 aromatic carbocycles. The van der Waals surface area contributed by atoms with Gasteiger partial charge < -0.3 is 15.5 Å². The summed E-state index contributed by atoms with van der Waals surface area (Å²) in [5.74, 6) is 0.0532. The average molecular weight is 306 g/mol. The first-order chi connectivity index (χ1) is 10.2. The van der Waals surface area contributed by atoms with Crippen molar-refractivity contribution < 1.29 is 4.79 Å². The van der Waals surface area contributed by atoms with Crippen LogP contribution in [-0.2, 0) is 11.2 Å². The van der Waals surface area contributed by atoms with E-state index in [0.717, 1.165) is 23.0 Å². The molecule has 2 fully saturated rings. The lowest BCUT2D eigenvalue weighted by atomic mass is 9.97. The molecule has 2 atom stereocenters. The lowest BCUT2D eigenvalue weighted by molar-refractivity contribution is -0.115. The molecular weight excluding hydrogens is 286 g/mol. The molecule has 1 aromatic rings. The normalized spacial score (nSPS) is 28.1.